The van der Waals surface area contributed by atoms with Crippen LogP contribution in [-0.2, 0) is 20.0 Å². The lowest BCUT2D eigenvalue weighted by Crippen LogP contribution is -2.04. The Balaban J connectivity index is 3.44. The Labute approximate surface area is 64.2 Å². The maximum atomic E-state index is 10.3. The molecule has 0 saturated heterocycles. The molecule has 0 amide bonds. The lowest BCUT2D eigenvalue weighted by molar-refractivity contribution is -0.133. The Bertz CT molecular complexity index is 169. The highest BCUT2D eigenvalue weighted by Gasteiger charge is 2.01. The summed E-state index contributed by atoms with van der Waals surface area (Å²) in [5.74, 6) is -0.406. The average molecular weight is 185 g/mol. The first-order chi connectivity index (χ1) is 4.66. The topological polar surface area (TPSA) is 86.5 Å². The molecule has 0 radical (unpaired) electrons. The van der Waals surface area contributed by atoms with E-state index in [9.17, 15) is 13.2 Å². The van der Waals surface area contributed by atoms with Crippen molar-refractivity contribution in [2.75, 3.05) is 5.75 Å². The Hall–Kier alpha value is -0.270. The largest absolute Gasteiger partial charge is 0.348 e. The molecule has 0 fully saturated rings. The van der Waals surface area contributed by atoms with E-state index in [1.807, 2.05) is 0 Å². The Morgan fingerprint density at radius 1 is 1.60 bits per heavy atom. The summed E-state index contributed by atoms with van der Waals surface area (Å²) in [5, 5.41) is 4.97. The van der Waals surface area contributed by atoms with Crippen molar-refractivity contribution in [2.24, 2.45) is 5.14 Å². The minimum Gasteiger partial charge on any atom is -0.348 e. The number of hydrogen-bond donors (Lipinski definition) is 2. The van der Waals surface area contributed by atoms with Gasteiger partial charge in [0.15, 0.2) is 0 Å². The van der Waals surface area contributed by atoms with Gasteiger partial charge in [-0.1, -0.05) is 11.9 Å². The standard InChI is InChI=1S/C3H7NO4S2/c4-9-2-1-3(5)8-10(6)7/h10H,1-2,4H2. The van der Waals surface area contributed by atoms with E-state index in [0.717, 1.165) is 11.9 Å². The van der Waals surface area contributed by atoms with Crippen LogP contribution in [0.1, 0.15) is 6.42 Å². The molecule has 0 aliphatic heterocycles. The minimum absolute atomic E-state index is 0.0183. The van der Waals surface area contributed by atoms with E-state index in [4.69, 9.17) is 5.14 Å². The first-order valence-electron chi connectivity index (χ1n) is 2.33. The number of hydrogen-bond acceptors (Lipinski definition) is 6. The molecule has 10 heavy (non-hydrogen) atoms. The summed E-state index contributed by atoms with van der Waals surface area (Å²) in [6.07, 6.45) is 0.0183. The zero-order valence-electron chi connectivity index (χ0n) is 4.98. The molecule has 0 saturated carbocycles. The molecule has 0 spiro atoms. The van der Waals surface area contributed by atoms with Gasteiger partial charge in [-0.05, 0) is 0 Å². The van der Waals surface area contributed by atoms with Crippen LogP contribution < -0.4 is 5.14 Å². The van der Waals surface area contributed by atoms with Crippen LogP contribution in [0.3, 0.4) is 0 Å². The second kappa shape index (κ2) is 5.51. The van der Waals surface area contributed by atoms with Crippen molar-refractivity contribution in [3.05, 3.63) is 0 Å². The van der Waals surface area contributed by atoms with E-state index in [1.54, 1.807) is 0 Å². The molecular formula is C3H7NO4S2. The van der Waals surface area contributed by atoms with Crippen LogP contribution in [0.4, 0.5) is 0 Å². The van der Waals surface area contributed by atoms with Gasteiger partial charge in [0.2, 0.25) is 0 Å². The summed E-state index contributed by atoms with van der Waals surface area (Å²) in [7, 11) is -3.06. The van der Waals surface area contributed by atoms with Crippen LogP contribution in [0.2, 0.25) is 0 Å². The van der Waals surface area contributed by atoms with Gasteiger partial charge in [0, 0.05) is 5.75 Å². The maximum Gasteiger partial charge on any atom is 0.322 e. The molecule has 7 heteroatoms. The zero-order chi connectivity index (χ0) is 7.98. The molecule has 0 bridgehead atoms. The lowest BCUT2D eigenvalue weighted by atomic mass is 10.5. The third-order valence-electron chi connectivity index (χ3n) is 0.600. The number of thiol groups is 1. The SMILES string of the molecule is NSCCC(=O)O[SH](=O)=O. The monoisotopic (exact) mass is 185 g/mol. The molecule has 0 aromatic rings. The van der Waals surface area contributed by atoms with Crippen molar-refractivity contribution in [3.8, 4) is 0 Å². The van der Waals surface area contributed by atoms with Crippen molar-refractivity contribution < 1.29 is 17.4 Å². The minimum atomic E-state index is -3.06. The highest BCUT2D eigenvalue weighted by Crippen LogP contribution is 1.93. The van der Waals surface area contributed by atoms with Gasteiger partial charge in [-0.3, -0.25) is 9.93 Å². The third kappa shape index (κ3) is 5.86. The van der Waals surface area contributed by atoms with Crippen LogP contribution in [0, 0.1) is 0 Å². The van der Waals surface area contributed by atoms with Gasteiger partial charge in [-0.15, -0.1) is 0 Å². The molecular weight excluding hydrogens is 178 g/mol. The van der Waals surface area contributed by atoms with Gasteiger partial charge in [-0.25, -0.2) is 0 Å². The van der Waals surface area contributed by atoms with Gasteiger partial charge in [0.25, 0.3) is 0 Å². The molecule has 0 aromatic heterocycles. The predicted molar refractivity (Wildman–Crippen MR) is 37.7 cm³/mol. The van der Waals surface area contributed by atoms with Crippen LogP contribution in [0.15, 0.2) is 0 Å². The van der Waals surface area contributed by atoms with Crippen LogP contribution >= 0.6 is 11.9 Å². The van der Waals surface area contributed by atoms with Crippen molar-refractivity contribution in [2.45, 2.75) is 6.42 Å². The molecule has 0 atom stereocenters. The highest BCUT2D eigenvalue weighted by molar-refractivity contribution is 7.97. The second-order valence-electron chi connectivity index (χ2n) is 1.31. The highest BCUT2D eigenvalue weighted by atomic mass is 32.2. The van der Waals surface area contributed by atoms with Gasteiger partial charge in [0.05, 0.1) is 6.42 Å². The van der Waals surface area contributed by atoms with Crippen LogP contribution in [0.5, 0.6) is 0 Å². The first kappa shape index (κ1) is 9.73. The Kier molecular flexibility index (Phi) is 5.36. The zero-order valence-corrected chi connectivity index (χ0v) is 6.69. The van der Waals surface area contributed by atoms with E-state index < -0.39 is 17.0 Å². The fraction of sp³-hybridized carbons (Fsp3) is 0.667. The average Bonchev–Trinajstić information content (AvgIpc) is 1.82. The van der Waals surface area contributed by atoms with Gasteiger partial charge < -0.3 is 4.18 Å². The fourth-order valence-electron chi connectivity index (χ4n) is 0.271. The van der Waals surface area contributed by atoms with Crippen LogP contribution in [-0.4, -0.2) is 20.1 Å². The predicted octanol–water partition coefficient (Wildman–Crippen LogP) is -0.947. The van der Waals surface area contributed by atoms with Crippen LogP contribution in [0.25, 0.3) is 0 Å². The van der Waals surface area contributed by atoms with E-state index in [-0.39, 0.29) is 6.42 Å². The Morgan fingerprint density at radius 3 is 2.60 bits per heavy atom. The first-order valence-corrected chi connectivity index (χ1v) is 4.48. The Morgan fingerprint density at radius 2 is 2.20 bits per heavy atom. The van der Waals surface area contributed by atoms with Crippen molar-refractivity contribution in [1.82, 2.24) is 0 Å². The number of rotatable bonds is 4. The molecule has 2 N–H and O–H groups in total. The number of carbonyl (C=O) groups excluding carboxylic acids is 1. The van der Waals surface area contributed by atoms with E-state index in [2.05, 4.69) is 4.18 Å². The number of carbonyl (C=O) groups is 1. The summed E-state index contributed by atoms with van der Waals surface area (Å²) in [6.45, 7) is 0. The molecule has 0 aliphatic carbocycles. The molecule has 60 valence electrons. The quantitative estimate of drug-likeness (QED) is 0.434. The molecule has 0 rings (SSSR count). The summed E-state index contributed by atoms with van der Waals surface area (Å²) >= 11 is 0.959. The molecule has 5 nitrogen and oxygen atoms in total. The smallest absolute Gasteiger partial charge is 0.322 e. The molecule has 0 heterocycles. The summed E-state index contributed by atoms with van der Waals surface area (Å²) in [5.41, 5.74) is 0. The fourth-order valence-corrected chi connectivity index (χ4v) is 0.813. The molecule has 0 unspecified atom stereocenters. The van der Waals surface area contributed by atoms with Gasteiger partial charge in [0.1, 0.15) is 0 Å². The molecule has 0 aromatic carbocycles. The third-order valence-corrected chi connectivity index (χ3v) is 1.39. The van der Waals surface area contributed by atoms with Crippen molar-refractivity contribution in [1.29, 1.82) is 0 Å². The second-order valence-corrected chi connectivity index (χ2v) is 2.68. The van der Waals surface area contributed by atoms with E-state index in [0.29, 0.717) is 5.75 Å². The summed E-state index contributed by atoms with van der Waals surface area (Å²) in [6, 6.07) is 0. The summed E-state index contributed by atoms with van der Waals surface area (Å²) < 4.78 is 23.3. The normalized spacial score (nSPS) is 9.80. The lowest BCUT2D eigenvalue weighted by Gasteiger charge is -1.92. The van der Waals surface area contributed by atoms with Gasteiger partial charge in [-0.2, -0.15) is 8.42 Å². The molecule has 0 aliphatic rings. The number of nitrogens with two attached hydrogens (primary N) is 1. The maximum absolute atomic E-state index is 10.3. The summed E-state index contributed by atoms with van der Waals surface area (Å²) in [4.78, 5) is 10.3. The van der Waals surface area contributed by atoms with Crippen molar-refractivity contribution in [3.63, 3.8) is 0 Å². The van der Waals surface area contributed by atoms with E-state index >= 15 is 0 Å². The van der Waals surface area contributed by atoms with E-state index in [1.165, 1.54) is 0 Å². The van der Waals surface area contributed by atoms with Gasteiger partial charge >= 0.3 is 17.0 Å². The van der Waals surface area contributed by atoms with Crippen molar-refractivity contribution >= 4 is 28.9 Å².